The third kappa shape index (κ3) is 4.03. The number of nitrogens with zero attached hydrogens (tertiary/aromatic N) is 5. The van der Waals surface area contributed by atoms with Crippen LogP contribution in [0.15, 0.2) is 49.1 Å². The van der Waals surface area contributed by atoms with Crippen molar-refractivity contribution in [1.82, 2.24) is 19.4 Å². The van der Waals surface area contributed by atoms with Gasteiger partial charge in [-0.3, -0.25) is 14.5 Å². The Kier molecular flexibility index (Phi) is 5.20. The van der Waals surface area contributed by atoms with Crippen LogP contribution in [0.5, 0.6) is 0 Å². The number of rotatable bonds is 5. The lowest BCUT2D eigenvalue weighted by atomic mass is 10.1. The molecule has 142 valence electrons. The van der Waals surface area contributed by atoms with Crippen molar-refractivity contribution in [2.45, 2.75) is 13.0 Å². The number of carbonyl (C=O) groups excluding carboxylic acids is 2. The predicted molar refractivity (Wildman–Crippen MR) is 102 cm³/mol. The molecule has 2 saturated heterocycles. The SMILES string of the molecule is O=C(C1CC(=O)N(c2ccccc2)C1)N1CCN(CCn2ccnc2)CC1. The molecule has 0 radical (unpaired) electrons. The fraction of sp³-hybridized carbons (Fsp3) is 0.450. The van der Waals surface area contributed by atoms with Gasteiger partial charge >= 0.3 is 0 Å². The zero-order chi connectivity index (χ0) is 18.6. The van der Waals surface area contributed by atoms with Gasteiger partial charge in [0.1, 0.15) is 0 Å². The first-order valence-electron chi connectivity index (χ1n) is 9.53. The Labute approximate surface area is 159 Å². The largest absolute Gasteiger partial charge is 0.340 e. The van der Waals surface area contributed by atoms with Gasteiger partial charge in [-0.15, -0.1) is 0 Å². The maximum Gasteiger partial charge on any atom is 0.228 e. The smallest absolute Gasteiger partial charge is 0.228 e. The summed E-state index contributed by atoms with van der Waals surface area (Å²) in [4.78, 5) is 35.4. The van der Waals surface area contributed by atoms with Crippen molar-refractivity contribution in [1.29, 1.82) is 0 Å². The molecule has 1 aromatic heterocycles. The number of benzene rings is 1. The van der Waals surface area contributed by atoms with E-state index in [9.17, 15) is 9.59 Å². The van der Waals surface area contributed by atoms with Crippen LogP contribution in [0.25, 0.3) is 0 Å². The Bertz CT molecular complexity index is 769. The molecule has 7 heteroatoms. The van der Waals surface area contributed by atoms with Crippen molar-refractivity contribution in [3.05, 3.63) is 49.1 Å². The van der Waals surface area contributed by atoms with Gasteiger partial charge in [0.2, 0.25) is 11.8 Å². The van der Waals surface area contributed by atoms with Crippen LogP contribution < -0.4 is 4.90 Å². The first kappa shape index (κ1) is 17.7. The van der Waals surface area contributed by atoms with E-state index in [0.29, 0.717) is 13.0 Å². The number of aromatic nitrogens is 2. The number of anilines is 1. The van der Waals surface area contributed by atoms with Crippen LogP contribution in [-0.4, -0.2) is 70.4 Å². The van der Waals surface area contributed by atoms with Gasteiger partial charge in [-0.2, -0.15) is 0 Å². The van der Waals surface area contributed by atoms with Gasteiger partial charge in [0.05, 0.1) is 12.2 Å². The van der Waals surface area contributed by atoms with Gasteiger partial charge in [-0.1, -0.05) is 18.2 Å². The molecule has 0 spiro atoms. The lowest BCUT2D eigenvalue weighted by Gasteiger charge is -2.35. The quantitative estimate of drug-likeness (QED) is 0.793. The van der Waals surface area contributed by atoms with E-state index < -0.39 is 0 Å². The molecule has 1 aromatic carbocycles. The third-order valence-corrected chi connectivity index (χ3v) is 5.46. The van der Waals surface area contributed by atoms with Gasteiger partial charge in [-0.25, -0.2) is 4.98 Å². The lowest BCUT2D eigenvalue weighted by molar-refractivity contribution is -0.137. The molecule has 7 nitrogen and oxygen atoms in total. The van der Waals surface area contributed by atoms with Crippen LogP contribution >= 0.6 is 0 Å². The number of imidazole rings is 1. The highest BCUT2D eigenvalue weighted by atomic mass is 16.2. The maximum atomic E-state index is 12.9. The van der Waals surface area contributed by atoms with Crippen molar-refractivity contribution in [2.75, 3.05) is 44.2 Å². The molecule has 2 aromatic rings. The van der Waals surface area contributed by atoms with Crippen molar-refractivity contribution in [3.63, 3.8) is 0 Å². The molecule has 3 heterocycles. The fourth-order valence-corrected chi connectivity index (χ4v) is 3.86. The van der Waals surface area contributed by atoms with E-state index in [1.165, 1.54) is 0 Å². The van der Waals surface area contributed by atoms with E-state index in [1.54, 1.807) is 11.1 Å². The van der Waals surface area contributed by atoms with Gasteiger partial charge in [0.15, 0.2) is 0 Å². The summed E-state index contributed by atoms with van der Waals surface area (Å²) in [6.07, 6.45) is 5.90. The van der Waals surface area contributed by atoms with Gasteiger partial charge in [0.25, 0.3) is 0 Å². The summed E-state index contributed by atoms with van der Waals surface area (Å²) in [7, 11) is 0. The highest BCUT2D eigenvalue weighted by Crippen LogP contribution is 2.26. The van der Waals surface area contributed by atoms with Gasteiger partial charge < -0.3 is 14.4 Å². The maximum absolute atomic E-state index is 12.9. The van der Waals surface area contributed by atoms with Crippen LogP contribution in [0.4, 0.5) is 5.69 Å². The number of piperazine rings is 1. The molecule has 2 aliphatic rings. The molecular weight excluding hydrogens is 342 g/mol. The third-order valence-electron chi connectivity index (χ3n) is 5.46. The molecule has 1 unspecified atom stereocenters. The Morgan fingerprint density at radius 3 is 2.56 bits per heavy atom. The summed E-state index contributed by atoms with van der Waals surface area (Å²) in [5, 5.41) is 0. The van der Waals surface area contributed by atoms with Crippen LogP contribution in [0, 0.1) is 5.92 Å². The molecule has 0 saturated carbocycles. The number of hydrogen-bond acceptors (Lipinski definition) is 4. The Morgan fingerprint density at radius 1 is 1.07 bits per heavy atom. The molecule has 0 bridgehead atoms. The van der Waals surface area contributed by atoms with E-state index in [0.717, 1.165) is 45.0 Å². The second-order valence-electron chi connectivity index (χ2n) is 7.21. The minimum Gasteiger partial charge on any atom is -0.340 e. The summed E-state index contributed by atoms with van der Waals surface area (Å²) in [5.74, 6) is -0.0650. The van der Waals surface area contributed by atoms with Crippen LogP contribution in [0.2, 0.25) is 0 Å². The topological polar surface area (TPSA) is 61.7 Å². The van der Waals surface area contributed by atoms with Crippen molar-refractivity contribution in [2.24, 2.45) is 5.92 Å². The van der Waals surface area contributed by atoms with E-state index >= 15 is 0 Å². The second-order valence-corrected chi connectivity index (χ2v) is 7.21. The van der Waals surface area contributed by atoms with E-state index in [-0.39, 0.29) is 17.7 Å². The Hall–Kier alpha value is -2.67. The zero-order valence-electron chi connectivity index (χ0n) is 15.4. The minimum atomic E-state index is -0.227. The number of carbonyl (C=O) groups is 2. The molecule has 0 N–H and O–H groups in total. The molecular formula is C20H25N5O2. The second kappa shape index (κ2) is 7.92. The first-order chi connectivity index (χ1) is 13.2. The first-order valence-corrected chi connectivity index (χ1v) is 9.53. The summed E-state index contributed by atoms with van der Waals surface area (Å²) in [5.41, 5.74) is 0.877. The van der Waals surface area contributed by atoms with E-state index in [1.807, 2.05) is 47.8 Å². The summed E-state index contributed by atoms with van der Waals surface area (Å²) < 4.78 is 2.07. The summed E-state index contributed by atoms with van der Waals surface area (Å²) in [6, 6.07) is 9.61. The van der Waals surface area contributed by atoms with Crippen LogP contribution in [-0.2, 0) is 16.1 Å². The molecule has 27 heavy (non-hydrogen) atoms. The average molecular weight is 367 g/mol. The number of para-hydroxylation sites is 1. The molecule has 2 aliphatic heterocycles. The van der Waals surface area contributed by atoms with E-state index in [4.69, 9.17) is 0 Å². The number of hydrogen-bond donors (Lipinski definition) is 0. The van der Waals surface area contributed by atoms with Crippen molar-refractivity contribution < 1.29 is 9.59 Å². The highest BCUT2D eigenvalue weighted by Gasteiger charge is 2.37. The van der Waals surface area contributed by atoms with Crippen molar-refractivity contribution in [3.8, 4) is 0 Å². The molecule has 2 amide bonds. The monoisotopic (exact) mass is 367 g/mol. The Morgan fingerprint density at radius 2 is 1.85 bits per heavy atom. The lowest BCUT2D eigenvalue weighted by Crippen LogP contribution is -2.51. The standard InChI is InChI=1S/C20H25N5O2/c26-19-14-17(15-25(19)18-4-2-1-3-5-18)20(27)24-12-10-22(11-13-24)8-9-23-7-6-21-16-23/h1-7,16-17H,8-15H2. The summed E-state index contributed by atoms with van der Waals surface area (Å²) >= 11 is 0. The number of amides is 2. The van der Waals surface area contributed by atoms with E-state index in [2.05, 4.69) is 14.5 Å². The van der Waals surface area contributed by atoms with Gasteiger partial charge in [-0.05, 0) is 12.1 Å². The molecule has 2 fully saturated rings. The predicted octanol–water partition coefficient (Wildman–Crippen LogP) is 1.08. The minimum absolute atomic E-state index is 0.0403. The summed E-state index contributed by atoms with van der Waals surface area (Å²) in [6.45, 7) is 5.59. The Balaban J connectivity index is 1.27. The fourth-order valence-electron chi connectivity index (χ4n) is 3.86. The van der Waals surface area contributed by atoms with Crippen LogP contribution in [0.1, 0.15) is 6.42 Å². The zero-order valence-corrected chi connectivity index (χ0v) is 15.4. The average Bonchev–Trinajstić information content (AvgIpc) is 3.36. The molecule has 4 rings (SSSR count). The molecule has 1 atom stereocenters. The van der Waals surface area contributed by atoms with Crippen molar-refractivity contribution >= 4 is 17.5 Å². The van der Waals surface area contributed by atoms with Crippen LogP contribution in [0.3, 0.4) is 0 Å². The highest BCUT2D eigenvalue weighted by molar-refractivity contribution is 6.00. The van der Waals surface area contributed by atoms with Gasteiger partial charge in [0, 0.05) is 70.3 Å². The normalized spacial score (nSPS) is 21.0. The molecule has 0 aliphatic carbocycles.